The van der Waals surface area contributed by atoms with Crippen molar-refractivity contribution in [1.82, 2.24) is 4.90 Å². The highest BCUT2D eigenvalue weighted by atomic mass is 35.5. The van der Waals surface area contributed by atoms with Crippen LogP contribution in [0.15, 0.2) is 47.1 Å². The molecule has 124 valence electrons. The average Bonchev–Trinajstić information content (AvgIpc) is 3.08. The molecular weight excluding hydrogens is 312 g/mol. The molecule has 1 amide bonds. The van der Waals surface area contributed by atoms with E-state index in [4.69, 9.17) is 10.2 Å². The van der Waals surface area contributed by atoms with Crippen LogP contribution >= 0.6 is 12.4 Å². The van der Waals surface area contributed by atoms with Crippen LogP contribution in [0.5, 0.6) is 0 Å². The molecule has 1 fully saturated rings. The summed E-state index contributed by atoms with van der Waals surface area (Å²) in [5.41, 5.74) is 7.36. The number of furan rings is 1. The van der Waals surface area contributed by atoms with Gasteiger partial charge in [-0.3, -0.25) is 4.79 Å². The van der Waals surface area contributed by atoms with Crippen molar-refractivity contribution in [1.29, 1.82) is 0 Å². The lowest BCUT2D eigenvalue weighted by atomic mass is 9.90. The lowest BCUT2D eigenvalue weighted by molar-refractivity contribution is 0.0521. The number of carbonyl (C=O) groups excluding carboxylic acids is 1. The van der Waals surface area contributed by atoms with Gasteiger partial charge in [0.25, 0.3) is 5.91 Å². The summed E-state index contributed by atoms with van der Waals surface area (Å²) < 4.78 is 5.56. The molecule has 1 aliphatic heterocycles. The van der Waals surface area contributed by atoms with E-state index in [9.17, 15) is 4.79 Å². The van der Waals surface area contributed by atoms with Gasteiger partial charge in [0.15, 0.2) is 0 Å². The topological polar surface area (TPSA) is 59.5 Å². The molecule has 1 aliphatic rings. The predicted octanol–water partition coefficient (Wildman–Crippen LogP) is 3.77. The van der Waals surface area contributed by atoms with E-state index >= 15 is 0 Å². The number of nitrogens with zero attached hydrogens (tertiary/aromatic N) is 1. The maximum absolute atomic E-state index is 12.9. The summed E-state index contributed by atoms with van der Waals surface area (Å²) in [5.74, 6) is 1.54. The van der Waals surface area contributed by atoms with Gasteiger partial charge >= 0.3 is 0 Å². The number of halogens is 1. The van der Waals surface area contributed by atoms with Gasteiger partial charge in [0.1, 0.15) is 5.76 Å². The first-order valence-corrected chi connectivity index (χ1v) is 7.82. The van der Waals surface area contributed by atoms with Crippen LogP contribution in [0.2, 0.25) is 0 Å². The molecule has 5 heteroatoms. The molecule has 0 spiro atoms. The Morgan fingerprint density at radius 2 is 2.04 bits per heavy atom. The minimum Gasteiger partial charge on any atom is -0.467 e. The van der Waals surface area contributed by atoms with Crippen molar-refractivity contribution in [2.45, 2.75) is 32.4 Å². The fraction of sp³-hybridized carbons (Fsp3) is 0.389. The molecule has 4 nitrogen and oxygen atoms in total. The molecule has 0 aliphatic carbocycles. The second-order valence-electron chi connectivity index (χ2n) is 6.06. The van der Waals surface area contributed by atoms with Crippen LogP contribution in [-0.4, -0.2) is 17.4 Å². The van der Waals surface area contributed by atoms with E-state index in [1.54, 1.807) is 6.26 Å². The maximum Gasteiger partial charge on any atom is 0.254 e. The number of piperidine rings is 1. The van der Waals surface area contributed by atoms with Gasteiger partial charge in [-0.05, 0) is 48.6 Å². The first-order valence-electron chi connectivity index (χ1n) is 7.82. The molecule has 2 heterocycles. The SMILES string of the molecule is CC1CCN(C(=O)c2ccc(CN)cc2)C(c2ccco2)C1.Cl. The van der Waals surface area contributed by atoms with Crippen molar-refractivity contribution < 1.29 is 9.21 Å². The Kier molecular flexibility index (Phi) is 5.85. The summed E-state index contributed by atoms with van der Waals surface area (Å²) in [4.78, 5) is 14.8. The van der Waals surface area contributed by atoms with Crippen LogP contribution in [0.1, 0.15) is 47.5 Å². The van der Waals surface area contributed by atoms with Gasteiger partial charge < -0.3 is 15.1 Å². The van der Waals surface area contributed by atoms with Gasteiger partial charge in [-0.25, -0.2) is 0 Å². The molecule has 1 aromatic carbocycles. The number of likely N-dealkylation sites (tertiary alicyclic amines) is 1. The minimum absolute atomic E-state index is 0. The van der Waals surface area contributed by atoms with Crippen molar-refractivity contribution in [3.05, 3.63) is 59.5 Å². The van der Waals surface area contributed by atoms with Crippen molar-refractivity contribution in [3.8, 4) is 0 Å². The first-order chi connectivity index (χ1) is 10.7. The van der Waals surface area contributed by atoms with Gasteiger partial charge in [-0.2, -0.15) is 0 Å². The number of amides is 1. The zero-order valence-electron chi connectivity index (χ0n) is 13.3. The maximum atomic E-state index is 12.9. The molecule has 0 radical (unpaired) electrons. The number of hydrogen-bond donors (Lipinski definition) is 1. The van der Waals surface area contributed by atoms with E-state index in [0.717, 1.165) is 30.7 Å². The lowest BCUT2D eigenvalue weighted by Crippen LogP contribution is -2.40. The largest absolute Gasteiger partial charge is 0.467 e. The van der Waals surface area contributed by atoms with Crippen molar-refractivity contribution in [2.75, 3.05) is 6.54 Å². The number of nitrogens with two attached hydrogens (primary N) is 1. The second kappa shape index (κ2) is 7.66. The summed E-state index contributed by atoms with van der Waals surface area (Å²) in [6.07, 6.45) is 3.65. The van der Waals surface area contributed by atoms with Crippen LogP contribution in [0.4, 0.5) is 0 Å². The second-order valence-corrected chi connectivity index (χ2v) is 6.06. The van der Waals surface area contributed by atoms with Crippen LogP contribution < -0.4 is 5.73 Å². The van der Waals surface area contributed by atoms with E-state index in [2.05, 4.69) is 6.92 Å². The molecule has 1 aromatic heterocycles. The van der Waals surface area contributed by atoms with Crippen LogP contribution in [0.3, 0.4) is 0 Å². The normalized spacial score (nSPS) is 20.9. The van der Waals surface area contributed by atoms with Gasteiger partial charge in [0.2, 0.25) is 0 Å². The Labute approximate surface area is 143 Å². The summed E-state index contributed by atoms with van der Waals surface area (Å²) in [7, 11) is 0. The molecule has 0 bridgehead atoms. The predicted molar refractivity (Wildman–Crippen MR) is 92.5 cm³/mol. The van der Waals surface area contributed by atoms with E-state index in [1.165, 1.54) is 0 Å². The van der Waals surface area contributed by atoms with E-state index in [0.29, 0.717) is 18.0 Å². The van der Waals surface area contributed by atoms with Crippen LogP contribution in [0.25, 0.3) is 0 Å². The smallest absolute Gasteiger partial charge is 0.254 e. The highest BCUT2D eigenvalue weighted by molar-refractivity contribution is 5.94. The third-order valence-corrected chi connectivity index (χ3v) is 4.43. The van der Waals surface area contributed by atoms with Crippen LogP contribution in [0, 0.1) is 5.92 Å². The molecule has 2 aromatic rings. The average molecular weight is 335 g/mol. The fourth-order valence-electron chi connectivity index (χ4n) is 3.08. The number of benzene rings is 1. The Balaban J connectivity index is 0.00000192. The molecule has 2 atom stereocenters. The quantitative estimate of drug-likeness (QED) is 0.929. The Bertz CT molecular complexity index is 625. The summed E-state index contributed by atoms with van der Waals surface area (Å²) >= 11 is 0. The summed E-state index contributed by atoms with van der Waals surface area (Å²) in [5, 5.41) is 0. The number of rotatable bonds is 3. The highest BCUT2D eigenvalue weighted by Crippen LogP contribution is 2.35. The third-order valence-electron chi connectivity index (χ3n) is 4.43. The standard InChI is InChI=1S/C18H22N2O2.ClH/c1-13-8-9-20(16(11-13)17-3-2-10-22-17)18(21)15-6-4-14(12-19)5-7-15;/h2-7,10,13,16H,8-9,11-12,19H2,1H3;1H. The molecule has 3 rings (SSSR count). The Morgan fingerprint density at radius 1 is 1.30 bits per heavy atom. The van der Waals surface area contributed by atoms with E-state index < -0.39 is 0 Å². The Morgan fingerprint density at radius 3 is 2.65 bits per heavy atom. The van der Waals surface area contributed by atoms with Crippen molar-refractivity contribution in [2.24, 2.45) is 11.7 Å². The summed E-state index contributed by atoms with van der Waals surface area (Å²) in [6, 6.07) is 11.4. The van der Waals surface area contributed by atoms with E-state index in [1.807, 2.05) is 41.3 Å². The van der Waals surface area contributed by atoms with E-state index in [-0.39, 0.29) is 24.4 Å². The molecule has 23 heavy (non-hydrogen) atoms. The zero-order valence-corrected chi connectivity index (χ0v) is 14.1. The number of carbonyl (C=O) groups is 1. The van der Waals surface area contributed by atoms with Gasteiger partial charge in [0.05, 0.1) is 12.3 Å². The third kappa shape index (κ3) is 3.77. The minimum atomic E-state index is 0. The molecule has 2 unspecified atom stereocenters. The molecule has 1 saturated heterocycles. The first kappa shape index (κ1) is 17.6. The van der Waals surface area contributed by atoms with Crippen molar-refractivity contribution >= 4 is 18.3 Å². The lowest BCUT2D eigenvalue weighted by Gasteiger charge is -2.37. The van der Waals surface area contributed by atoms with Gasteiger partial charge in [0, 0.05) is 18.7 Å². The molecule has 0 saturated carbocycles. The monoisotopic (exact) mass is 334 g/mol. The van der Waals surface area contributed by atoms with Gasteiger partial charge in [-0.15, -0.1) is 12.4 Å². The van der Waals surface area contributed by atoms with Crippen molar-refractivity contribution in [3.63, 3.8) is 0 Å². The Hall–Kier alpha value is -1.78. The number of hydrogen-bond acceptors (Lipinski definition) is 3. The summed E-state index contributed by atoms with van der Waals surface area (Å²) in [6.45, 7) is 3.49. The molecule has 2 N–H and O–H groups in total. The fourth-order valence-corrected chi connectivity index (χ4v) is 3.08. The van der Waals surface area contributed by atoms with Gasteiger partial charge in [-0.1, -0.05) is 19.1 Å². The van der Waals surface area contributed by atoms with Crippen LogP contribution in [-0.2, 0) is 6.54 Å². The zero-order chi connectivity index (χ0) is 15.5. The molecular formula is C18H23ClN2O2. The highest BCUT2D eigenvalue weighted by Gasteiger charge is 2.33.